The molecule has 1 aromatic heterocycles. The molecular formula is C14H17BrN2S. The Hall–Kier alpha value is -0.710. The molecule has 0 atom stereocenters. The number of aryl methyl sites for hydroxylation is 2. The normalized spacial score (nSPS) is 10.9. The molecule has 96 valence electrons. The van der Waals surface area contributed by atoms with Crippen molar-refractivity contribution in [2.75, 3.05) is 6.54 Å². The fourth-order valence-corrected chi connectivity index (χ4v) is 2.94. The zero-order valence-electron chi connectivity index (χ0n) is 10.9. The molecule has 0 amide bonds. The van der Waals surface area contributed by atoms with Crippen LogP contribution in [0.2, 0.25) is 0 Å². The van der Waals surface area contributed by atoms with E-state index in [0.717, 1.165) is 18.1 Å². The first kappa shape index (κ1) is 13.7. The topological polar surface area (TPSA) is 24.9 Å². The molecular weight excluding hydrogens is 308 g/mol. The summed E-state index contributed by atoms with van der Waals surface area (Å²) in [5.41, 5.74) is 3.72. The number of hydrogen-bond donors (Lipinski definition) is 1. The lowest BCUT2D eigenvalue weighted by Crippen LogP contribution is -2.10. The molecule has 2 nitrogen and oxygen atoms in total. The van der Waals surface area contributed by atoms with Gasteiger partial charge in [0.2, 0.25) is 0 Å². The minimum Gasteiger partial charge on any atom is -0.312 e. The van der Waals surface area contributed by atoms with Gasteiger partial charge in [-0.05, 0) is 43.7 Å². The molecule has 0 spiro atoms. The van der Waals surface area contributed by atoms with Gasteiger partial charge in [0.15, 0.2) is 0 Å². The van der Waals surface area contributed by atoms with Gasteiger partial charge in [0, 0.05) is 27.7 Å². The lowest BCUT2D eigenvalue weighted by Gasteiger charge is -2.05. The SMILES string of the molecule is CCNCc1cnc(-c2cc(C)c(Br)c(C)c2)s1. The number of rotatable bonds is 4. The van der Waals surface area contributed by atoms with Gasteiger partial charge in [-0.25, -0.2) is 4.98 Å². The zero-order valence-corrected chi connectivity index (χ0v) is 13.3. The van der Waals surface area contributed by atoms with Crippen molar-refractivity contribution < 1.29 is 0 Å². The van der Waals surface area contributed by atoms with Crippen LogP contribution in [0.5, 0.6) is 0 Å². The summed E-state index contributed by atoms with van der Waals surface area (Å²) in [7, 11) is 0. The average molecular weight is 325 g/mol. The Labute approximate surface area is 121 Å². The maximum Gasteiger partial charge on any atom is 0.123 e. The van der Waals surface area contributed by atoms with Gasteiger partial charge in [0.05, 0.1) is 0 Å². The molecule has 0 saturated carbocycles. The van der Waals surface area contributed by atoms with Crippen LogP contribution in [0, 0.1) is 13.8 Å². The number of nitrogens with one attached hydrogen (secondary N) is 1. The van der Waals surface area contributed by atoms with Gasteiger partial charge in [0.1, 0.15) is 5.01 Å². The van der Waals surface area contributed by atoms with Crippen molar-refractivity contribution in [2.45, 2.75) is 27.3 Å². The van der Waals surface area contributed by atoms with E-state index in [1.165, 1.54) is 26.0 Å². The third kappa shape index (κ3) is 2.99. The van der Waals surface area contributed by atoms with E-state index in [-0.39, 0.29) is 0 Å². The van der Waals surface area contributed by atoms with Crippen LogP contribution in [0.25, 0.3) is 10.6 Å². The zero-order chi connectivity index (χ0) is 13.1. The van der Waals surface area contributed by atoms with Gasteiger partial charge in [-0.1, -0.05) is 22.9 Å². The number of thiazole rings is 1. The second-order valence-electron chi connectivity index (χ2n) is 4.34. The summed E-state index contributed by atoms with van der Waals surface area (Å²) in [6.07, 6.45) is 1.97. The minimum atomic E-state index is 0.905. The van der Waals surface area contributed by atoms with Crippen molar-refractivity contribution in [1.82, 2.24) is 10.3 Å². The first-order valence-corrected chi connectivity index (χ1v) is 7.65. The summed E-state index contributed by atoms with van der Waals surface area (Å²) >= 11 is 5.36. The molecule has 0 saturated heterocycles. The number of halogens is 1. The summed E-state index contributed by atoms with van der Waals surface area (Å²) in [6, 6.07) is 4.37. The summed E-state index contributed by atoms with van der Waals surface area (Å²) in [4.78, 5) is 5.80. The monoisotopic (exact) mass is 324 g/mol. The number of hydrogen-bond acceptors (Lipinski definition) is 3. The summed E-state index contributed by atoms with van der Waals surface area (Å²) in [6.45, 7) is 8.25. The largest absolute Gasteiger partial charge is 0.312 e. The predicted molar refractivity (Wildman–Crippen MR) is 82.1 cm³/mol. The Bertz CT molecular complexity index is 525. The van der Waals surface area contributed by atoms with Crippen LogP contribution >= 0.6 is 27.3 Å². The molecule has 0 aliphatic rings. The molecule has 1 aromatic carbocycles. The van der Waals surface area contributed by atoms with E-state index in [2.05, 4.69) is 59.1 Å². The fourth-order valence-electron chi connectivity index (χ4n) is 1.84. The molecule has 0 bridgehead atoms. The molecule has 0 aliphatic heterocycles. The van der Waals surface area contributed by atoms with Crippen molar-refractivity contribution >= 4 is 27.3 Å². The lowest BCUT2D eigenvalue weighted by atomic mass is 10.1. The molecule has 2 rings (SSSR count). The maximum atomic E-state index is 4.51. The van der Waals surface area contributed by atoms with E-state index >= 15 is 0 Å². The molecule has 4 heteroatoms. The summed E-state index contributed by atoms with van der Waals surface area (Å²) in [5, 5.41) is 4.42. The molecule has 0 fully saturated rings. The maximum absolute atomic E-state index is 4.51. The van der Waals surface area contributed by atoms with Gasteiger partial charge in [-0.2, -0.15) is 0 Å². The second-order valence-corrected chi connectivity index (χ2v) is 6.24. The number of benzene rings is 1. The Balaban J connectivity index is 2.28. The predicted octanol–water partition coefficient (Wildman–Crippen LogP) is 4.30. The fraction of sp³-hybridized carbons (Fsp3) is 0.357. The van der Waals surface area contributed by atoms with Gasteiger partial charge in [-0.15, -0.1) is 11.3 Å². The highest BCUT2D eigenvalue weighted by atomic mass is 79.9. The van der Waals surface area contributed by atoms with Crippen molar-refractivity contribution in [3.8, 4) is 10.6 Å². The third-order valence-corrected chi connectivity index (χ3v) is 5.08. The summed E-state index contributed by atoms with van der Waals surface area (Å²) in [5.74, 6) is 0. The van der Waals surface area contributed by atoms with Crippen molar-refractivity contribution in [3.05, 3.63) is 38.8 Å². The Morgan fingerprint density at radius 2 is 1.94 bits per heavy atom. The van der Waals surface area contributed by atoms with E-state index in [0.29, 0.717) is 0 Å². The van der Waals surface area contributed by atoms with E-state index in [9.17, 15) is 0 Å². The first-order valence-electron chi connectivity index (χ1n) is 6.04. The highest BCUT2D eigenvalue weighted by Gasteiger charge is 2.08. The van der Waals surface area contributed by atoms with Crippen LogP contribution in [0.15, 0.2) is 22.8 Å². The molecule has 1 N–H and O–H groups in total. The van der Waals surface area contributed by atoms with Crippen molar-refractivity contribution in [1.29, 1.82) is 0 Å². The Kier molecular flexibility index (Phi) is 4.54. The molecule has 18 heavy (non-hydrogen) atoms. The minimum absolute atomic E-state index is 0.905. The number of aromatic nitrogens is 1. The smallest absolute Gasteiger partial charge is 0.123 e. The van der Waals surface area contributed by atoms with Gasteiger partial charge >= 0.3 is 0 Å². The molecule has 0 radical (unpaired) electrons. The first-order chi connectivity index (χ1) is 8.61. The average Bonchev–Trinajstić information content (AvgIpc) is 2.81. The quantitative estimate of drug-likeness (QED) is 0.907. The van der Waals surface area contributed by atoms with Crippen molar-refractivity contribution in [3.63, 3.8) is 0 Å². The molecule has 0 aliphatic carbocycles. The lowest BCUT2D eigenvalue weighted by molar-refractivity contribution is 0.734. The van der Waals surface area contributed by atoms with E-state index < -0.39 is 0 Å². The molecule has 2 aromatic rings. The second kappa shape index (κ2) is 5.95. The highest BCUT2D eigenvalue weighted by Crippen LogP contribution is 2.30. The summed E-state index contributed by atoms with van der Waals surface area (Å²) < 4.78 is 1.19. The van der Waals surface area contributed by atoms with Crippen LogP contribution in [0.1, 0.15) is 22.9 Å². The molecule has 1 heterocycles. The van der Waals surface area contributed by atoms with Gasteiger partial charge in [-0.3, -0.25) is 0 Å². The van der Waals surface area contributed by atoms with E-state index in [1.807, 2.05) is 6.20 Å². The Morgan fingerprint density at radius 1 is 1.28 bits per heavy atom. The van der Waals surface area contributed by atoms with Crippen LogP contribution in [-0.4, -0.2) is 11.5 Å². The van der Waals surface area contributed by atoms with E-state index in [1.54, 1.807) is 11.3 Å². The highest BCUT2D eigenvalue weighted by molar-refractivity contribution is 9.10. The van der Waals surface area contributed by atoms with E-state index in [4.69, 9.17) is 0 Å². The molecule has 0 unspecified atom stereocenters. The third-order valence-electron chi connectivity index (χ3n) is 2.79. The van der Waals surface area contributed by atoms with Crippen LogP contribution in [-0.2, 0) is 6.54 Å². The number of nitrogens with zero attached hydrogens (tertiary/aromatic N) is 1. The van der Waals surface area contributed by atoms with Crippen LogP contribution < -0.4 is 5.32 Å². The van der Waals surface area contributed by atoms with Gasteiger partial charge < -0.3 is 5.32 Å². The van der Waals surface area contributed by atoms with Crippen LogP contribution in [0.4, 0.5) is 0 Å². The van der Waals surface area contributed by atoms with Crippen molar-refractivity contribution in [2.24, 2.45) is 0 Å². The van der Waals surface area contributed by atoms with Crippen LogP contribution in [0.3, 0.4) is 0 Å². The Morgan fingerprint density at radius 3 is 2.56 bits per heavy atom. The van der Waals surface area contributed by atoms with Gasteiger partial charge in [0.25, 0.3) is 0 Å². The standard InChI is InChI=1S/C14H17BrN2S/c1-4-16-7-12-8-17-14(18-12)11-5-9(2)13(15)10(3)6-11/h5-6,8,16H,4,7H2,1-3H3.